The second kappa shape index (κ2) is 7.99. The monoisotopic (exact) mass is 390 g/mol. The lowest BCUT2D eigenvalue weighted by molar-refractivity contribution is 0.415. The molecule has 0 unspecified atom stereocenters. The van der Waals surface area contributed by atoms with Crippen LogP contribution in [0.1, 0.15) is 5.56 Å². The molecule has 0 N–H and O–H groups in total. The van der Waals surface area contributed by atoms with Crippen LogP contribution in [0, 0.1) is 11.3 Å². The van der Waals surface area contributed by atoms with Crippen LogP contribution in [-0.2, 0) is 0 Å². The van der Waals surface area contributed by atoms with Crippen LogP contribution in [0.2, 0.25) is 0 Å². The molecule has 6 heteroatoms. The molecule has 142 valence electrons. The van der Waals surface area contributed by atoms with Gasteiger partial charge in [-0.05, 0) is 36.6 Å². The molecule has 0 bridgehead atoms. The summed E-state index contributed by atoms with van der Waals surface area (Å²) in [5.74, 6) is 0.869. The first-order valence-electron chi connectivity index (χ1n) is 9.26. The topological polar surface area (TPSA) is 52.4 Å². The van der Waals surface area contributed by atoms with Crippen molar-refractivity contribution in [1.82, 2.24) is 4.98 Å². The van der Waals surface area contributed by atoms with Gasteiger partial charge in [-0.25, -0.2) is 4.98 Å². The number of benzene rings is 2. The number of hydrogen-bond acceptors (Lipinski definition) is 6. The second-order valence-electron chi connectivity index (χ2n) is 6.65. The van der Waals surface area contributed by atoms with Crippen molar-refractivity contribution < 1.29 is 4.74 Å². The highest BCUT2D eigenvalue weighted by molar-refractivity contribution is 7.98. The van der Waals surface area contributed by atoms with Gasteiger partial charge in [0, 0.05) is 37.3 Å². The zero-order valence-corrected chi connectivity index (χ0v) is 16.9. The Bertz CT molecular complexity index is 1020. The van der Waals surface area contributed by atoms with Gasteiger partial charge in [-0.3, -0.25) is 0 Å². The summed E-state index contributed by atoms with van der Waals surface area (Å²) in [4.78, 5) is 9.40. The van der Waals surface area contributed by atoms with Gasteiger partial charge in [0.25, 0.3) is 0 Å². The fourth-order valence-corrected chi connectivity index (χ4v) is 4.27. The number of nitrogens with zero attached hydrogens (tertiary/aromatic N) is 4. The Hall–Kier alpha value is -2.91. The van der Waals surface area contributed by atoms with E-state index in [1.165, 1.54) is 17.4 Å². The van der Waals surface area contributed by atoms with Crippen LogP contribution in [0.4, 0.5) is 11.4 Å². The number of piperazine rings is 1. The van der Waals surface area contributed by atoms with E-state index >= 15 is 0 Å². The Morgan fingerprint density at radius 2 is 1.68 bits per heavy atom. The first-order chi connectivity index (χ1) is 13.7. The number of methoxy groups -OCH3 is 1. The first-order valence-corrected chi connectivity index (χ1v) is 10.5. The average Bonchev–Trinajstić information content (AvgIpc) is 2.77. The molecule has 0 amide bonds. The van der Waals surface area contributed by atoms with Crippen LogP contribution in [0.3, 0.4) is 0 Å². The summed E-state index contributed by atoms with van der Waals surface area (Å²) >= 11 is 1.53. The molecule has 5 nitrogen and oxygen atoms in total. The highest BCUT2D eigenvalue weighted by atomic mass is 32.2. The standard InChI is InChI=1S/C22H22N4OS/c1-27-17-9-7-16(8-10-17)25-11-13-26(14-12-25)21-18-5-3-4-6-20(18)24-22(28-2)19(21)15-23/h3-10H,11-14H2,1-2H3. The van der Waals surface area contributed by atoms with E-state index in [1.807, 2.05) is 36.6 Å². The minimum absolute atomic E-state index is 0.684. The zero-order valence-electron chi connectivity index (χ0n) is 16.1. The fraction of sp³-hybridized carbons (Fsp3) is 0.273. The van der Waals surface area contributed by atoms with Gasteiger partial charge in [-0.2, -0.15) is 5.26 Å². The molecule has 1 aromatic heterocycles. The summed E-state index contributed by atoms with van der Waals surface area (Å²) in [5.41, 5.74) is 3.85. The first kappa shape index (κ1) is 18.5. The van der Waals surface area contributed by atoms with E-state index < -0.39 is 0 Å². The van der Waals surface area contributed by atoms with Gasteiger partial charge < -0.3 is 14.5 Å². The second-order valence-corrected chi connectivity index (χ2v) is 7.44. The molecule has 2 aromatic carbocycles. The number of hydrogen-bond donors (Lipinski definition) is 0. The van der Waals surface area contributed by atoms with E-state index in [9.17, 15) is 5.26 Å². The Kier molecular flexibility index (Phi) is 5.27. The van der Waals surface area contributed by atoms with Crippen molar-refractivity contribution >= 4 is 34.0 Å². The van der Waals surface area contributed by atoms with E-state index in [4.69, 9.17) is 9.72 Å². The average molecular weight is 391 g/mol. The lowest BCUT2D eigenvalue weighted by Gasteiger charge is -2.38. The third-order valence-corrected chi connectivity index (χ3v) is 5.85. The maximum Gasteiger partial charge on any atom is 0.119 e. The maximum absolute atomic E-state index is 9.85. The van der Waals surface area contributed by atoms with E-state index in [0.717, 1.165) is 53.5 Å². The zero-order chi connectivity index (χ0) is 19.5. The molecular weight excluding hydrogens is 368 g/mol. The quantitative estimate of drug-likeness (QED) is 0.624. The number of nitriles is 1. The minimum atomic E-state index is 0.684. The number of fused-ring (bicyclic) bond motifs is 1. The van der Waals surface area contributed by atoms with Crippen LogP contribution < -0.4 is 14.5 Å². The van der Waals surface area contributed by atoms with Gasteiger partial charge in [-0.1, -0.05) is 18.2 Å². The predicted octanol–water partition coefficient (Wildman–Crippen LogP) is 4.16. The molecule has 0 aliphatic carbocycles. The van der Waals surface area contributed by atoms with E-state index in [0.29, 0.717) is 5.56 Å². The Labute approximate surface area is 169 Å². The third kappa shape index (κ3) is 3.34. The summed E-state index contributed by atoms with van der Waals surface area (Å²) in [6.45, 7) is 3.54. The van der Waals surface area contributed by atoms with Crippen molar-refractivity contribution in [2.45, 2.75) is 5.03 Å². The third-order valence-electron chi connectivity index (χ3n) is 5.17. The molecule has 1 aliphatic heterocycles. The summed E-state index contributed by atoms with van der Waals surface area (Å²) in [6, 6.07) is 18.7. The van der Waals surface area contributed by atoms with Crippen LogP contribution in [-0.4, -0.2) is 44.5 Å². The molecule has 1 aliphatic rings. The van der Waals surface area contributed by atoms with E-state index in [2.05, 4.69) is 34.1 Å². The number of pyridine rings is 1. The van der Waals surface area contributed by atoms with Crippen LogP contribution in [0.25, 0.3) is 10.9 Å². The molecule has 28 heavy (non-hydrogen) atoms. The largest absolute Gasteiger partial charge is 0.497 e. The van der Waals surface area contributed by atoms with Crippen LogP contribution >= 0.6 is 11.8 Å². The van der Waals surface area contributed by atoms with Gasteiger partial charge >= 0.3 is 0 Å². The Morgan fingerprint density at radius 3 is 2.32 bits per heavy atom. The van der Waals surface area contributed by atoms with Gasteiger partial charge in [0.15, 0.2) is 0 Å². The summed E-state index contributed by atoms with van der Waals surface area (Å²) in [6.07, 6.45) is 1.98. The van der Waals surface area contributed by atoms with Crippen molar-refractivity contribution in [3.63, 3.8) is 0 Å². The van der Waals surface area contributed by atoms with Crippen molar-refractivity contribution in [2.24, 2.45) is 0 Å². The molecule has 1 fully saturated rings. The normalized spacial score (nSPS) is 14.2. The maximum atomic E-state index is 9.85. The lowest BCUT2D eigenvalue weighted by Crippen LogP contribution is -2.46. The molecule has 2 heterocycles. The minimum Gasteiger partial charge on any atom is -0.497 e. The summed E-state index contributed by atoms with van der Waals surface area (Å²) < 4.78 is 5.25. The molecule has 0 spiro atoms. The van der Waals surface area contributed by atoms with E-state index in [-0.39, 0.29) is 0 Å². The van der Waals surface area contributed by atoms with Gasteiger partial charge in [0.2, 0.25) is 0 Å². The van der Waals surface area contributed by atoms with Gasteiger partial charge in [0.05, 0.1) is 18.3 Å². The highest BCUT2D eigenvalue weighted by Gasteiger charge is 2.24. The number of anilines is 2. The van der Waals surface area contributed by atoms with Crippen molar-refractivity contribution in [3.8, 4) is 11.8 Å². The smallest absolute Gasteiger partial charge is 0.119 e. The predicted molar refractivity (Wildman–Crippen MR) is 116 cm³/mol. The molecule has 0 atom stereocenters. The summed E-state index contributed by atoms with van der Waals surface area (Å²) in [5, 5.41) is 11.7. The molecule has 4 rings (SSSR count). The molecule has 0 saturated carbocycles. The molecule has 1 saturated heterocycles. The Morgan fingerprint density at radius 1 is 1.00 bits per heavy atom. The number of aromatic nitrogens is 1. The van der Waals surface area contributed by atoms with Crippen molar-refractivity contribution in [3.05, 3.63) is 54.1 Å². The highest BCUT2D eigenvalue weighted by Crippen LogP contribution is 2.35. The summed E-state index contributed by atoms with van der Waals surface area (Å²) in [7, 11) is 1.68. The number of rotatable bonds is 4. The number of thioether (sulfide) groups is 1. The van der Waals surface area contributed by atoms with Gasteiger partial charge in [0.1, 0.15) is 22.4 Å². The Balaban J connectivity index is 1.64. The molecular formula is C22H22N4OS. The lowest BCUT2D eigenvalue weighted by atomic mass is 10.1. The molecule has 3 aromatic rings. The SMILES string of the molecule is COc1ccc(N2CCN(c3c(C#N)c(SC)nc4ccccc34)CC2)cc1. The molecule has 0 radical (unpaired) electrons. The fourth-order valence-electron chi connectivity index (χ4n) is 3.73. The van der Waals surface area contributed by atoms with E-state index in [1.54, 1.807) is 7.11 Å². The van der Waals surface area contributed by atoms with Gasteiger partial charge in [-0.15, -0.1) is 11.8 Å². The van der Waals surface area contributed by atoms with Crippen molar-refractivity contribution in [1.29, 1.82) is 5.26 Å². The van der Waals surface area contributed by atoms with Crippen molar-refractivity contribution in [2.75, 3.05) is 49.3 Å². The number of ether oxygens (including phenoxy) is 1. The van der Waals surface area contributed by atoms with Crippen LogP contribution in [0.5, 0.6) is 5.75 Å². The van der Waals surface area contributed by atoms with Crippen LogP contribution in [0.15, 0.2) is 53.6 Å². The number of para-hydroxylation sites is 1.